The van der Waals surface area contributed by atoms with Crippen LogP contribution in [-0.4, -0.2) is 11.6 Å². The third-order valence-electron chi connectivity index (χ3n) is 4.15. The average Bonchev–Trinajstić information content (AvgIpc) is 2.39. The highest BCUT2D eigenvalue weighted by atomic mass is 16.1. The summed E-state index contributed by atoms with van der Waals surface area (Å²) in [6.07, 6.45) is 14.1. The Labute approximate surface area is 125 Å². The molecule has 0 aliphatic heterocycles. The fourth-order valence-corrected chi connectivity index (χ4v) is 2.70. The van der Waals surface area contributed by atoms with Crippen LogP contribution in [0.5, 0.6) is 0 Å². The minimum Gasteiger partial charge on any atom is -0.300 e. The molecule has 2 heteroatoms. The summed E-state index contributed by atoms with van der Waals surface area (Å²) in [5.41, 5.74) is 0. The molecule has 0 aromatic rings. The van der Waals surface area contributed by atoms with Crippen LogP contribution < -0.4 is 0 Å². The molecule has 1 unspecified atom stereocenters. The summed E-state index contributed by atoms with van der Waals surface area (Å²) >= 11 is 0. The van der Waals surface area contributed by atoms with E-state index in [9.17, 15) is 9.59 Å². The number of Topliss-reactive ketones (excluding diaryl/α,β-unsaturated/α-hetero) is 2. The number of ketones is 2. The molecule has 0 amide bonds. The standard InChI is InChI=1S/C18H34O2/c1-4-18(17(3)20)15-13-11-9-7-5-6-8-10-12-14-16(2)19/h18H,4-15H2,1-3H3. The van der Waals surface area contributed by atoms with E-state index in [0.29, 0.717) is 17.5 Å². The first-order chi connectivity index (χ1) is 9.57. The van der Waals surface area contributed by atoms with E-state index in [0.717, 1.165) is 25.7 Å². The lowest BCUT2D eigenvalue weighted by Crippen LogP contribution is -2.09. The summed E-state index contributed by atoms with van der Waals surface area (Å²) in [6.45, 7) is 5.51. The number of hydrogen-bond donors (Lipinski definition) is 0. The van der Waals surface area contributed by atoms with Gasteiger partial charge in [-0.1, -0.05) is 58.3 Å². The molecule has 0 saturated carbocycles. The van der Waals surface area contributed by atoms with Crippen LogP contribution in [0, 0.1) is 5.92 Å². The highest BCUT2D eigenvalue weighted by molar-refractivity contribution is 5.78. The molecule has 118 valence electrons. The van der Waals surface area contributed by atoms with Crippen molar-refractivity contribution in [1.82, 2.24) is 0 Å². The van der Waals surface area contributed by atoms with Crippen LogP contribution in [-0.2, 0) is 9.59 Å². The topological polar surface area (TPSA) is 34.1 Å². The van der Waals surface area contributed by atoms with Crippen LogP contribution in [0.15, 0.2) is 0 Å². The number of carbonyl (C=O) groups excluding carboxylic acids is 2. The fourth-order valence-electron chi connectivity index (χ4n) is 2.70. The second kappa shape index (κ2) is 13.3. The van der Waals surface area contributed by atoms with E-state index in [1.165, 1.54) is 51.4 Å². The maximum Gasteiger partial charge on any atom is 0.132 e. The highest BCUT2D eigenvalue weighted by Gasteiger charge is 2.10. The lowest BCUT2D eigenvalue weighted by Gasteiger charge is -2.10. The molecular formula is C18H34O2. The quantitative estimate of drug-likeness (QED) is 0.395. The van der Waals surface area contributed by atoms with E-state index in [-0.39, 0.29) is 0 Å². The van der Waals surface area contributed by atoms with Crippen molar-refractivity contribution in [2.45, 2.75) is 97.8 Å². The van der Waals surface area contributed by atoms with Crippen LogP contribution in [0.2, 0.25) is 0 Å². The molecule has 0 saturated heterocycles. The molecule has 1 atom stereocenters. The molecule has 0 radical (unpaired) electrons. The minimum atomic E-state index is 0.302. The fraction of sp³-hybridized carbons (Fsp3) is 0.889. The molecule has 0 rings (SSSR count). The molecule has 20 heavy (non-hydrogen) atoms. The smallest absolute Gasteiger partial charge is 0.132 e. The van der Waals surface area contributed by atoms with E-state index < -0.39 is 0 Å². The number of carbonyl (C=O) groups is 2. The summed E-state index contributed by atoms with van der Waals surface area (Å²) < 4.78 is 0. The van der Waals surface area contributed by atoms with Crippen molar-refractivity contribution in [3.05, 3.63) is 0 Å². The molecule has 0 aliphatic rings. The zero-order valence-electron chi connectivity index (χ0n) is 13.9. The van der Waals surface area contributed by atoms with Crippen molar-refractivity contribution in [1.29, 1.82) is 0 Å². The van der Waals surface area contributed by atoms with Crippen molar-refractivity contribution in [2.24, 2.45) is 5.92 Å². The maximum absolute atomic E-state index is 11.3. The summed E-state index contributed by atoms with van der Waals surface area (Å²) in [5.74, 6) is 0.982. The maximum atomic E-state index is 11.3. The molecular weight excluding hydrogens is 248 g/mol. The monoisotopic (exact) mass is 282 g/mol. The van der Waals surface area contributed by atoms with Crippen molar-refractivity contribution in [3.8, 4) is 0 Å². The SMILES string of the molecule is CCC(CCCCCCCCCCCC(C)=O)C(C)=O. The predicted molar refractivity (Wildman–Crippen MR) is 85.9 cm³/mol. The van der Waals surface area contributed by atoms with Gasteiger partial charge < -0.3 is 4.79 Å². The third-order valence-corrected chi connectivity index (χ3v) is 4.15. The first kappa shape index (κ1) is 19.3. The van der Waals surface area contributed by atoms with Gasteiger partial charge >= 0.3 is 0 Å². The first-order valence-corrected chi connectivity index (χ1v) is 8.57. The van der Waals surface area contributed by atoms with Crippen molar-refractivity contribution >= 4 is 11.6 Å². The lowest BCUT2D eigenvalue weighted by molar-refractivity contribution is -0.121. The van der Waals surface area contributed by atoms with Gasteiger partial charge in [-0.25, -0.2) is 0 Å². The van der Waals surface area contributed by atoms with Crippen LogP contribution >= 0.6 is 0 Å². The van der Waals surface area contributed by atoms with Crippen molar-refractivity contribution < 1.29 is 9.59 Å². The van der Waals surface area contributed by atoms with Crippen molar-refractivity contribution in [2.75, 3.05) is 0 Å². The first-order valence-electron chi connectivity index (χ1n) is 8.57. The van der Waals surface area contributed by atoms with E-state index in [4.69, 9.17) is 0 Å². The molecule has 0 aromatic heterocycles. The van der Waals surface area contributed by atoms with E-state index in [2.05, 4.69) is 6.92 Å². The largest absolute Gasteiger partial charge is 0.300 e. The summed E-state index contributed by atoms with van der Waals surface area (Å²) in [4.78, 5) is 22.1. The van der Waals surface area contributed by atoms with Gasteiger partial charge in [-0.2, -0.15) is 0 Å². The van der Waals surface area contributed by atoms with Crippen LogP contribution in [0.25, 0.3) is 0 Å². The summed E-state index contributed by atoms with van der Waals surface area (Å²) in [7, 11) is 0. The van der Waals surface area contributed by atoms with E-state index in [1.807, 2.05) is 0 Å². The number of unbranched alkanes of at least 4 members (excludes halogenated alkanes) is 8. The van der Waals surface area contributed by atoms with Crippen LogP contribution in [0.4, 0.5) is 0 Å². The number of hydrogen-bond acceptors (Lipinski definition) is 2. The molecule has 0 N–H and O–H groups in total. The molecule has 0 heterocycles. The number of rotatable bonds is 14. The Bertz CT molecular complexity index is 258. The van der Waals surface area contributed by atoms with Gasteiger partial charge in [-0.3, -0.25) is 4.79 Å². The van der Waals surface area contributed by atoms with Gasteiger partial charge in [0.15, 0.2) is 0 Å². The third kappa shape index (κ3) is 12.4. The molecule has 0 aromatic carbocycles. The second-order valence-corrected chi connectivity index (χ2v) is 6.14. The molecule has 2 nitrogen and oxygen atoms in total. The zero-order valence-corrected chi connectivity index (χ0v) is 13.9. The molecule has 0 aliphatic carbocycles. The highest BCUT2D eigenvalue weighted by Crippen LogP contribution is 2.16. The van der Waals surface area contributed by atoms with Gasteiger partial charge in [0.05, 0.1) is 0 Å². The Hall–Kier alpha value is -0.660. The van der Waals surface area contributed by atoms with Gasteiger partial charge in [0.2, 0.25) is 0 Å². The van der Waals surface area contributed by atoms with Gasteiger partial charge in [-0.05, 0) is 33.1 Å². The molecule has 0 spiro atoms. The zero-order chi connectivity index (χ0) is 15.2. The Morgan fingerprint density at radius 3 is 1.60 bits per heavy atom. The second-order valence-electron chi connectivity index (χ2n) is 6.14. The van der Waals surface area contributed by atoms with E-state index in [1.54, 1.807) is 13.8 Å². The Morgan fingerprint density at radius 2 is 1.20 bits per heavy atom. The van der Waals surface area contributed by atoms with Crippen LogP contribution in [0.1, 0.15) is 97.8 Å². The normalized spacial score (nSPS) is 12.3. The van der Waals surface area contributed by atoms with E-state index >= 15 is 0 Å². The Kier molecular flexibility index (Phi) is 12.9. The Morgan fingerprint density at radius 1 is 0.750 bits per heavy atom. The molecule has 0 fully saturated rings. The van der Waals surface area contributed by atoms with Gasteiger partial charge in [0, 0.05) is 12.3 Å². The lowest BCUT2D eigenvalue weighted by atomic mass is 9.94. The van der Waals surface area contributed by atoms with Crippen LogP contribution in [0.3, 0.4) is 0 Å². The van der Waals surface area contributed by atoms with Crippen molar-refractivity contribution in [3.63, 3.8) is 0 Å². The summed E-state index contributed by atoms with van der Waals surface area (Å²) in [6, 6.07) is 0. The average molecular weight is 282 g/mol. The molecule has 0 bridgehead atoms. The van der Waals surface area contributed by atoms with Gasteiger partial charge in [-0.15, -0.1) is 0 Å². The van der Waals surface area contributed by atoms with Gasteiger partial charge in [0.1, 0.15) is 11.6 Å². The minimum absolute atomic E-state index is 0.302. The predicted octanol–water partition coefficient (Wildman–Crippen LogP) is 5.48. The summed E-state index contributed by atoms with van der Waals surface area (Å²) in [5, 5.41) is 0. The Balaban J connectivity index is 3.20. The van der Waals surface area contributed by atoms with Gasteiger partial charge in [0.25, 0.3) is 0 Å².